The van der Waals surface area contributed by atoms with Gasteiger partial charge in [0.05, 0.1) is 12.1 Å². The van der Waals surface area contributed by atoms with E-state index < -0.39 is 12.2 Å². The van der Waals surface area contributed by atoms with E-state index in [1.807, 2.05) is 6.92 Å². The van der Waals surface area contributed by atoms with Crippen LogP contribution >= 0.6 is 0 Å². The fraction of sp³-hybridized carbons (Fsp3) is 0.917. The summed E-state index contributed by atoms with van der Waals surface area (Å²) in [6, 6.07) is -0.201. The molecule has 0 spiro atoms. The number of carboxylic acid groups (broad SMARTS) is 1. The summed E-state index contributed by atoms with van der Waals surface area (Å²) in [5.41, 5.74) is 0. The molecule has 1 saturated carbocycles. The van der Waals surface area contributed by atoms with Crippen LogP contribution in [0.25, 0.3) is 0 Å². The van der Waals surface area contributed by atoms with Gasteiger partial charge in [0.25, 0.3) is 0 Å². The molecule has 0 aromatic carbocycles. The fourth-order valence-electron chi connectivity index (χ4n) is 2.55. The zero-order valence-corrected chi connectivity index (χ0v) is 10.2. The number of aliphatic hydroxyl groups excluding tert-OH is 1. The zero-order chi connectivity index (χ0) is 12.1. The molecule has 0 heterocycles. The lowest BCUT2D eigenvalue weighted by Crippen LogP contribution is -2.50. The van der Waals surface area contributed by atoms with Crippen molar-refractivity contribution in [3.8, 4) is 0 Å². The largest absolute Gasteiger partial charge is 0.465 e. The monoisotopic (exact) mass is 229 g/mol. The van der Waals surface area contributed by atoms with Gasteiger partial charge < -0.3 is 15.1 Å². The molecule has 0 aromatic heterocycles. The highest BCUT2D eigenvalue weighted by atomic mass is 16.4. The molecule has 2 unspecified atom stereocenters. The van der Waals surface area contributed by atoms with E-state index in [-0.39, 0.29) is 12.1 Å². The number of nitrogens with zero attached hydrogens (tertiary/aromatic N) is 1. The van der Waals surface area contributed by atoms with E-state index in [0.29, 0.717) is 6.42 Å². The molecule has 0 aliphatic heterocycles. The summed E-state index contributed by atoms with van der Waals surface area (Å²) >= 11 is 0. The minimum absolute atomic E-state index is 0.0995. The van der Waals surface area contributed by atoms with Crippen molar-refractivity contribution in [1.82, 2.24) is 4.90 Å². The molecule has 2 atom stereocenters. The van der Waals surface area contributed by atoms with Crippen LogP contribution in [0.3, 0.4) is 0 Å². The number of hydrogen-bond acceptors (Lipinski definition) is 2. The maximum absolute atomic E-state index is 11.3. The average molecular weight is 229 g/mol. The molecule has 94 valence electrons. The van der Waals surface area contributed by atoms with E-state index >= 15 is 0 Å². The molecule has 16 heavy (non-hydrogen) atoms. The van der Waals surface area contributed by atoms with E-state index in [1.165, 1.54) is 11.3 Å². The highest BCUT2D eigenvalue weighted by molar-refractivity contribution is 5.66. The number of aliphatic hydroxyl groups is 1. The first-order chi connectivity index (χ1) is 7.57. The van der Waals surface area contributed by atoms with Gasteiger partial charge in [-0.2, -0.15) is 0 Å². The molecular weight excluding hydrogens is 206 g/mol. The molecule has 0 saturated heterocycles. The number of amides is 1. The van der Waals surface area contributed by atoms with Crippen molar-refractivity contribution in [2.24, 2.45) is 0 Å². The van der Waals surface area contributed by atoms with Crippen molar-refractivity contribution >= 4 is 6.09 Å². The Kier molecular flexibility index (Phi) is 5.06. The normalized spacial score (nSPS) is 21.4. The third-order valence-electron chi connectivity index (χ3n) is 3.60. The molecule has 4 nitrogen and oxygen atoms in total. The van der Waals surface area contributed by atoms with Crippen LogP contribution in [0.1, 0.15) is 52.4 Å². The number of hydrogen-bond donors (Lipinski definition) is 2. The van der Waals surface area contributed by atoms with Crippen LogP contribution < -0.4 is 0 Å². The smallest absolute Gasteiger partial charge is 0.407 e. The van der Waals surface area contributed by atoms with E-state index in [1.54, 1.807) is 6.92 Å². The van der Waals surface area contributed by atoms with Crippen molar-refractivity contribution in [3.05, 3.63) is 0 Å². The van der Waals surface area contributed by atoms with Crippen molar-refractivity contribution in [1.29, 1.82) is 0 Å². The van der Waals surface area contributed by atoms with E-state index in [0.717, 1.165) is 25.7 Å². The molecule has 1 aliphatic rings. The Labute approximate surface area is 97.3 Å². The summed E-state index contributed by atoms with van der Waals surface area (Å²) in [4.78, 5) is 12.7. The lowest BCUT2D eigenvalue weighted by Gasteiger charge is -2.38. The molecular formula is C12H23NO3. The van der Waals surface area contributed by atoms with Crippen LogP contribution in [0.2, 0.25) is 0 Å². The topological polar surface area (TPSA) is 60.8 Å². The highest BCUT2D eigenvalue weighted by Gasteiger charge is 2.32. The summed E-state index contributed by atoms with van der Waals surface area (Å²) in [6.07, 6.45) is 4.42. The maximum atomic E-state index is 11.3. The number of rotatable bonds is 4. The van der Waals surface area contributed by atoms with Gasteiger partial charge in [0.2, 0.25) is 0 Å². The van der Waals surface area contributed by atoms with Crippen LogP contribution in [-0.4, -0.2) is 39.4 Å². The third kappa shape index (κ3) is 3.11. The summed E-state index contributed by atoms with van der Waals surface area (Å²) in [5.74, 6) is 0. The van der Waals surface area contributed by atoms with Crippen LogP contribution in [0.15, 0.2) is 0 Å². The summed E-state index contributed by atoms with van der Waals surface area (Å²) in [6.45, 7) is 3.68. The lowest BCUT2D eigenvalue weighted by atomic mass is 9.92. The minimum atomic E-state index is -0.896. The van der Waals surface area contributed by atoms with Gasteiger partial charge in [0.15, 0.2) is 0 Å². The van der Waals surface area contributed by atoms with Crippen LogP contribution in [0.4, 0.5) is 4.79 Å². The van der Waals surface area contributed by atoms with Gasteiger partial charge in [-0.25, -0.2) is 4.79 Å². The van der Waals surface area contributed by atoms with Crippen molar-refractivity contribution < 1.29 is 15.0 Å². The Morgan fingerprint density at radius 2 is 1.94 bits per heavy atom. The highest BCUT2D eigenvalue weighted by Crippen LogP contribution is 2.25. The standard InChI is InChI=1S/C12H23NO3/c1-3-11(14)9(2)13(12(15)16)10-7-5-4-6-8-10/h9-11,14H,3-8H2,1-2H3,(H,15,16). The first kappa shape index (κ1) is 13.3. The zero-order valence-electron chi connectivity index (χ0n) is 10.2. The van der Waals surface area contributed by atoms with Crippen molar-refractivity contribution in [3.63, 3.8) is 0 Å². The molecule has 2 N–H and O–H groups in total. The Bertz CT molecular complexity index is 224. The van der Waals surface area contributed by atoms with Gasteiger partial charge in [0.1, 0.15) is 0 Å². The van der Waals surface area contributed by atoms with Gasteiger partial charge in [-0.05, 0) is 26.2 Å². The predicted octanol–water partition coefficient (Wildman–Crippen LogP) is 2.46. The SMILES string of the molecule is CCC(O)C(C)N(C(=O)O)C1CCCCC1. The second-order valence-electron chi connectivity index (χ2n) is 4.70. The number of carbonyl (C=O) groups is 1. The van der Waals surface area contributed by atoms with Crippen molar-refractivity contribution in [2.75, 3.05) is 0 Å². The Morgan fingerprint density at radius 1 is 1.38 bits per heavy atom. The molecule has 1 fully saturated rings. The Balaban J connectivity index is 2.68. The van der Waals surface area contributed by atoms with E-state index in [9.17, 15) is 15.0 Å². The second kappa shape index (κ2) is 6.09. The van der Waals surface area contributed by atoms with Crippen LogP contribution in [0.5, 0.6) is 0 Å². The summed E-state index contributed by atoms with van der Waals surface area (Å²) < 4.78 is 0. The molecule has 4 heteroatoms. The van der Waals surface area contributed by atoms with E-state index in [2.05, 4.69) is 0 Å². The van der Waals surface area contributed by atoms with Gasteiger partial charge in [-0.15, -0.1) is 0 Å². The molecule has 0 aromatic rings. The van der Waals surface area contributed by atoms with Crippen molar-refractivity contribution in [2.45, 2.75) is 70.6 Å². The maximum Gasteiger partial charge on any atom is 0.407 e. The average Bonchev–Trinajstić information content (AvgIpc) is 2.29. The molecule has 0 bridgehead atoms. The first-order valence-electron chi connectivity index (χ1n) is 6.27. The van der Waals surface area contributed by atoms with Gasteiger partial charge in [-0.1, -0.05) is 26.2 Å². The quantitative estimate of drug-likeness (QED) is 0.778. The summed E-state index contributed by atoms with van der Waals surface area (Å²) in [5, 5.41) is 19.0. The molecule has 0 radical (unpaired) electrons. The second-order valence-corrected chi connectivity index (χ2v) is 4.70. The third-order valence-corrected chi connectivity index (χ3v) is 3.60. The lowest BCUT2D eigenvalue weighted by molar-refractivity contribution is 0.0252. The molecule has 1 amide bonds. The fourth-order valence-corrected chi connectivity index (χ4v) is 2.55. The Hall–Kier alpha value is -0.770. The first-order valence-corrected chi connectivity index (χ1v) is 6.27. The summed E-state index contributed by atoms with van der Waals surface area (Å²) in [7, 11) is 0. The van der Waals surface area contributed by atoms with Crippen LogP contribution in [-0.2, 0) is 0 Å². The minimum Gasteiger partial charge on any atom is -0.465 e. The van der Waals surface area contributed by atoms with E-state index in [4.69, 9.17) is 0 Å². The van der Waals surface area contributed by atoms with Gasteiger partial charge in [-0.3, -0.25) is 0 Å². The van der Waals surface area contributed by atoms with Gasteiger partial charge in [0, 0.05) is 6.04 Å². The van der Waals surface area contributed by atoms with Crippen LogP contribution in [0, 0.1) is 0 Å². The Morgan fingerprint density at radius 3 is 2.38 bits per heavy atom. The predicted molar refractivity (Wildman–Crippen MR) is 62.5 cm³/mol. The van der Waals surface area contributed by atoms with Gasteiger partial charge >= 0.3 is 6.09 Å². The molecule has 1 aliphatic carbocycles. The molecule has 1 rings (SSSR count).